The molecule has 0 aromatic carbocycles. The number of nitrogens with zero attached hydrogens (tertiary/aromatic N) is 1. The highest BCUT2D eigenvalue weighted by molar-refractivity contribution is 5.51. The molecule has 3 heteroatoms. The van der Waals surface area contributed by atoms with Crippen LogP contribution in [-0.4, -0.2) is 11.5 Å². The molecule has 0 spiro atoms. The van der Waals surface area contributed by atoms with Crippen LogP contribution in [-0.2, 0) is 0 Å². The molecule has 64 valence electrons. The lowest BCUT2D eigenvalue weighted by Gasteiger charge is -2.22. The van der Waals surface area contributed by atoms with Gasteiger partial charge in [-0.15, -0.1) is 0 Å². The third kappa shape index (κ3) is 1.15. The molecule has 2 rings (SSSR count). The maximum Gasteiger partial charge on any atom is 0.143 e. The van der Waals surface area contributed by atoms with E-state index in [1.807, 2.05) is 0 Å². The molecule has 2 heterocycles. The number of nitrogens with one attached hydrogen (secondary N) is 1. The van der Waals surface area contributed by atoms with Gasteiger partial charge in [0.2, 0.25) is 0 Å². The highest BCUT2D eigenvalue weighted by Gasteiger charge is 2.17. The van der Waals surface area contributed by atoms with Crippen molar-refractivity contribution in [3.05, 3.63) is 23.8 Å². The number of anilines is 1. The molecule has 0 saturated heterocycles. The standard InChI is InChI=1S/C9H11FN2/c1-6-2-3-11-8-4-7(10)5-12-9(6)8/h4-6,11H,2-3H2,1H3/t6-/m1/s1. The normalized spacial score (nSPS) is 21.3. The fourth-order valence-electron chi connectivity index (χ4n) is 1.54. The fourth-order valence-corrected chi connectivity index (χ4v) is 1.54. The smallest absolute Gasteiger partial charge is 0.143 e. The average molecular weight is 166 g/mol. The van der Waals surface area contributed by atoms with Crippen LogP contribution in [0.25, 0.3) is 0 Å². The molecule has 1 atom stereocenters. The highest BCUT2D eigenvalue weighted by Crippen LogP contribution is 2.28. The predicted molar refractivity (Wildman–Crippen MR) is 45.7 cm³/mol. The highest BCUT2D eigenvalue weighted by atomic mass is 19.1. The number of halogens is 1. The fraction of sp³-hybridized carbons (Fsp3) is 0.444. The minimum atomic E-state index is -0.268. The molecule has 1 aliphatic heterocycles. The van der Waals surface area contributed by atoms with Gasteiger partial charge < -0.3 is 5.32 Å². The minimum absolute atomic E-state index is 0.268. The van der Waals surface area contributed by atoms with Gasteiger partial charge in [0.05, 0.1) is 17.6 Å². The molecule has 0 saturated carbocycles. The predicted octanol–water partition coefficient (Wildman–Crippen LogP) is 2.14. The van der Waals surface area contributed by atoms with Gasteiger partial charge in [-0.2, -0.15) is 0 Å². The average Bonchev–Trinajstić information content (AvgIpc) is 2.04. The topological polar surface area (TPSA) is 24.9 Å². The van der Waals surface area contributed by atoms with Crippen molar-refractivity contribution in [1.29, 1.82) is 0 Å². The minimum Gasteiger partial charge on any atom is -0.383 e. The van der Waals surface area contributed by atoms with Crippen molar-refractivity contribution >= 4 is 5.69 Å². The first-order valence-electron chi connectivity index (χ1n) is 4.16. The van der Waals surface area contributed by atoms with Crippen molar-refractivity contribution in [2.75, 3.05) is 11.9 Å². The molecule has 1 aromatic heterocycles. The van der Waals surface area contributed by atoms with E-state index in [2.05, 4.69) is 17.2 Å². The molecule has 2 nitrogen and oxygen atoms in total. The van der Waals surface area contributed by atoms with Gasteiger partial charge in [-0.05, 0) is 6.42 Å². The summed E-state index contributed by atoms with van der Waals surface area (Å²) in [6, 6.07) is 1.51. The number of pyridine rings is 1. The van der Waals surface area contributed by atoms with E-state index in [1.54, 1.807) is 0 Å². The van der Waals surface area contributed by atoms with Crippen LogP contribution < -0.4 is 5.32 Å². The van der Waals surface area contributed by atoms with Crippen LogP contribution in [0.5, 0.6) is 0 Å². The van der Waals surface area contributed by atoms with Crippen LogP contribution in [0.1, 0.15) is 25.0 Å². The lowest BCUT2D eigenvalue weighted by Crippen LogP contribution is -2.16. The van der Waals surface area contributed by atoms with E-state index in [0.717, 1.165) is 24.3 Å². The van der Waals surface area contributed by atoms with Gasteiger partial charge in [-0.3, -0.25) is 4.98 Å². The summed E-state index contributed by atoms with van der Waals surface area (Å²) in [4.78, 5) is 4.06. The second kappa shape index (κ2) is 2.73. The number of rotatable bonds is 0. The number of fused-ring (bicyclic) bond motifs is 1. The van der Waals surface area contributed by atoms with Crippen LogP contribution >= 0.6 is 0 Å². The summed E-state index contributed by atoms with van der Waals surface area (Å²) in [6.45, 7) is 3.03. The molecule has 0 aliphatic carbocycles. The van der Waals surface area contributed by atoms with Crippen molar-refractivity contribution in [1.82, 2.24) is 4.98 Å². The Morgan fingerprint density at radius 2 is 2.50 bits per heavy atom. The summed E-state index contributed by atoms with van der Waals surface area (Å²) in [5.74, 6) is 0.178. The Hall–Kier alpha value is -1.12. The Balaban J connectivity index is 2.46. The summed E-state index contributed by atoms with van der Waals surface area (Å²) >= 11 is 0. The first-order valence-corrected chi connectivity index (χ1v) is 4.16. The second-order valence-electron chi connectivity index (χ2n) is 3.20. The molecule has 1 N–H and O–H groups in total. The summed E-state index contributed by atoms with van der Waals surface area (Å²) < 4.78 is 12.7. The van der Waals surface area contributed by atoms with Crippen molar-refractivity contribution in [3.8, 4) is 0 Å². The lowest BCUT2D eigenvalue weighted by atomic mass is 9.98. The van der Waals surface area contributed by atoms with E-state index in [0.29, 0.717) is 5.92 Å². The SMILES string of the molecule is C[C@@H]1CCNc2cc(F)cnc21. The zero-order valence-corrected chi connectivity index (χ0v) is 6.97. The molecular weight excluding hydrogens is 155 g/mol. The molecule has 0 fully saturated rings. The maximum atomic E-state index is 12.7. The Morgan fingerprint density at radius 3 is 3.33 bits per heavy atom. The van der Waals surface area contributed by atoms with Gasteiger partial charge in [-0.1, -0.05) is 6.92 Å². The van der Waals surface area contributed by atoms with Gasteiger partial charge >= 0.3 is 0 Å². The van der Waals surface area contributed by atoms with E-state index >= 15 is 0 Å². The quantitative estimate of drug-likeness (QED) is 0.638. The van der Waals surface area contributed by atoms with Crippen LogP contribution in [0.4, 0.5) is 10.1 Å². The van der Waals surface area contributed by atoms with Crippen molar-refractivity contribution in [2.45, 2.75) is 19.3 Å². The maximum absolute atomic E-state index is 12.7. The summed E-state index contributed by atoms with van der Waals surface area (Å²) in [6.07, 6.45) is 2.36. The Labute approximate surface area is 70.8 Å². The Bertz CT molecular complexity index is 299. The van der Waals surface area contributed by atoms with E-state index < -0.39 is 0 Å². The summed E-state index contributed by atoms with van der Waals surface area (Å²) in [7, 11) is 0. The van der Waals surface area contributed by atoms with E-state index in [-0.39, 0.29) is 5.82 Å². The van der Waals surface area contributed by atoms with E-state index in [9.17, 15) is 4.39 Å². The Kier molecular flexibility index (Phi) is 1.71. The third-order valence-corrected chi connectivity index (χ3v) is 2.24. The molecule has 12 heavy (non-hydrogen) atoms. The monoisotopic (exact) mass is 166 g/mol. The first-order chi connectivity index (χ1) is 5.77. The summed E-state index contributed by atoms with van der Waals surface area (Å²) in [5, 5.41) is 3.13. The second-order valence-corrected chi connectivity index (χ2v) is 3.20. The zero-order chi connectivity index (χ0) is 8.55. The largest absolute Gasteiger partial charge is 0.383 e. The molecule has 1 aliphatic rings. The van der Waals surface area contributed by atoms with Crippen LogP contribution in [0.15, 0.2) is 12.3 Å². The van der Waals surface area contributed by atoms with Crippen LogP contribution in [0.2, 0.25) is 0 Å². The summed E-state index contributed by atoms with van der Waals surface area (Å²) in [5.41, 5.74) is 1.84. The van der Waals surface area contributed by atoms with E-state index in [4.69, 9.17) is 0 Å². The van der Waals surface area contributed by atoms with Crippen LogP contribution in [0.3, 0.4) is 0 Å². The molecule has 0 unspecified atom stereocenters. The zero-order valence-electron chi connectivity index (χ0n) is 6.97. The number of hydrogen-bond acceptors (Lipinski definition) is 2. The third-order valence-electron chi connectivity index (χ3n) is 2.24. The lowest BCUT2D eigenvalue weighted by molar-refractivity contribution is 0.605. The van der Waals surface area contributed by atoms with Gasteiger partial charge in [0, 0.05) is 18.5 Å². The van der Waals surface area contributed by atoms with Crippen molar-refractivity contribution in [3.63, 3.8) is 0 Å². The van der Waals surface area contributed by atoms with E-state index in [1.165, 1.54) is 12.3 Å². The van der Waals surface area contributed by atoms with Gasteiger partial charge in [0.15, 0.2) is 0 Å². The Morgan fingerprint density at radius 1 is 1.67 bits per heavy atom. The number of aromatic nitrogens is 1. The molecule has 0 bridgehead atoms. The van der Waals surface area contributed by atoms with Gasteiger partial charge in [-0.25, -0.2) is 4.39 Å². The van der Waals surface area contributed by atoms with Gasteiger partial charge in [0.25, 0.3) is 0 Å². The van der Waals surface area contributed by atoms with Crippen LogP contribution in [0, 0.1) is 5.82 Å². The first kappa shape index (κ1) is 7.53. The number of hydrogen-bond donors (Lipinski definition) is 1. The molecular formula is C9H11FN2. The van der Waals surface area contributed by atoms with Crippen molar-refractivity contribution in [2.24, 2.45) is 0 Å². The molecule has 1 aromatic rings. The molecule has 0 radical (unpaired) electrons. The van der Waals surface area contributed by atoms with Gasteiger partial charge in [0.1, 0.15) is 5.82 Å². The van der Waals surface area contributed by atoms with Crippen molar-refractivity contribution < 1.29 is 4.39 Å². The molecule has 0 amide bonds.